The number of hydrogen-bond acceptors (Lipinski definition) is 3. The van der Waals surface area contributed by atoms with Crippen LogP contribution >= 0.6 is 0 Å². The van der Waals surface area contributed by atoms with Crippen molar-refractivity contribution in [2.45, 2.75) is 85.3 Å². The van der Waals surface area contributed by atoms with Crippen molar-refractivity contribution in [1.29, 1.82) is 0 Å². The van der Waals surface area contributed by atoms with E-state index in [2.05, 4.69) is 45.0 Å². The molecule has 0 aliphatic heterocycles. The van der Waals surface area contributed by atoms with Gasteiger partial charge in [-0.25, -0.2) is 4.79 Å². The van der Waals surface area contributed by atoms with Gasteiger partial charge in [0, 0.05) is 12.6 Å². The summed E-state index contributed by atoms with van der Waals surface area (Å²) in [7, 11) is -1.54. The summed E-state index contributed by atoms with van der Waals surface area (Å²) in [5.41, 5.74) is 2.82. The molecular formula is C18H35NO3Si. The van der Waals surface area contributed by atoms with E-state index in [1.807, 2.05) is 27.7 Å². The number of rotatable bonds is 5. The number of ether oxygens (including phenoxy) is 1. The molecule has 0 heterocycles. The van der Waals surface area contributed by atoms with Crippen molar-refractivity contribution in [3.63, 3.8) is 0 Å². The van der Waals surface area contributed by atoms with Crippen LogP contribution in [0.15, 0.2) is 0 Å². The summed E-state index contributed by atoms with van der Waals surface area (Å²) in [6.07, 6.45) is 0.152. The fourth-order valence-corrected chi connectivity index (χ4v) is 2.64. The van der Waals surface area contributed by atoms with E-state index in [0.717, 1.165) is 0 Å². The lowest BCUT2D eigenvalue weighted by Crippen LogP contribution is -2.50. The highest BCUT2D eigenvalue weighted by atomic mass is 28.3. The van der Waals surface area contributed by atoms with Gasteiger partial charge in [0.1, 0.15) is 13.7 Å². The maximum Gasteiger partial charge on any atom is 0.411 e. The molecule has 0 aliphatic carbocycles. The Balaban J connectivity index is 5.65. The third kappa shape index (κ3) is 9.02. The van der Waals surface area contributed by atoms with Gasteiger partial charge in [0.2, 0.25) is 0 Å². The van der Waals surface area contributed by atoms with Crippen LogP contribution < -0.4 is 0 Å². The van der Waals surface area contributed by atoms with Gasteiger partial charge in [-0.2, -0.15) is 0 Å². The summed E-state index contributed by atoms with van der Waals surface area (Å²) in [5.74, 6) is 3.51. The Bertz CT molecular complexity index is 438. The Hall–Kier alpha value is -0.993. The molecular weight excluding hydrogens is 306 g/mol. The third-order valence-corrected chi connectivity index (χ3v) is 4.05. The Kier molecular flexibility index (Phi) is 8.37. The Labute approximate surface area is 143 Å². The highest BCUT2D eigenvalue weighted by Gasteiger charge is 2.32. The van der Waals surface area contributed by atoms with E-state index in [9.17, 15) is 9.90 Å². The smallest absolute Gasteiger partial charge is 0.411 e. The molecule has 134 valence electrons. The lowest BCUT2D eigenvalue weighted by atomic mass is 10.0. The van der Waals surface area contributed by atoms with E-state index >= 15 is 0 Å². The van der Waals surface area contributed by atoms with Gasteiger partial charge in [0.05, 0.1) is 6.04 Å². The number of aliphatic hydroxyl groups excluding tert-OH is 1. The van der Waals surface area contributed by atoms with Crippen LogP contribution in [0.4, 0.5) is 4.79 Å². The molecule has 0 aromatic heterocycles. The first-order valence-electron chi connectivity index (χ1n) is 8.43. The van der Waals surface area contributed by atoms with Crippen LogP contribution in [0.25, 0.3) is 0 Å². The molecule has 0 radical (unpaired) electrons. The highest BCUT2D eigenvalue weighted by molar-refractivity contribution is 6.83. The maximum absolute atomic E-state index is 12.7. The first-order chi connectivity index (χ1) is 10.3. The lowest BCUT2D eigenvalue weighted by Gasteiger charge is -2.37. The fraction of sp³-hybridized carbons (Fsp3) is 0.833. The first kappa shape index (κ1) is 22.0. The van der Waals surface area contributed by atoms with Crippen molar-refractivity contribution in [1.82, 2.24) is 4.90 Å². The zero-order chi connectivity index (χ0) is 18.4. The predicted molar refractivity (Wildman–Crippen MR) is 99.0 cm³/mol. The Morgan fingerprint density at radius 1 is 1.22 bits per heavy atom. The normalized spacial score (nSPS) is 14.7. The topological polar surface area (TPSA) is 49.8 Å². The van der Waals surface area contributed by atoms with Crippen LogP contribution in [0.5, 0.6) is 0 Å². The molecule has 1 N–H and O–H groups in total. The molecule has 0 saturated heterocycles. The molecule has 0 aromatic carbocycles. The molecule has 0 spiro atoms. The summed E-state index contributed by atoms with van der Waals surface area (Å²) in [6, 6.07) is -0.337. The monoisotopic (exact) mass is 341 g/mol. The average molecular weight is 342 g/mol. The van der Waals surface area contributed by atoms with E-state index in [4.69, 9.17) is 4.74 Å². The van der Waals surface area contributed by atoms with Gasteiger partial charge < -0.3 is 9.84 Å². The molecule has 0 rings (SSSR count). The fourth-order valence-electron chi connectivity index (χ4n) is 2.06. The van der Waals surface area contributed by atoms with Crippen LogP contribution in [-0.4, -0.2) is 48.5 Å². The van der Waals surface area contributed by atoms with E-state index in [-0.39, 0.29) is 30.7 Å². The molecule has 0 aromatic rings. The van der Waals surface area contributed by atoms with Gasteiger partial charge >= 0.3 is 6.09 Å². The first-order valence-corrected chi connectivity index (χ1v) is 11.9. The molecule has 0 unspecified atom stereocenters. The molecule has 0 saturated carbocycles. The standard InChI is InChI=1S/C18H35NO3Si/c1-14(2)16(11-13-23(7,8)9)19(15(3)10-12-20)17(21)22-18(4,5)6/h14-16,20H,10,12H2,1-9H3/t15-,16-/m0/s1. The van der Waals surface area contributed by atoms with Crippen LogP contribution in [0.2, 0.25) is 19.6 Å². The van der Waals surface area contributed by atoms with Gasteiger partial charge in [-0.05, 0) is 40.0 Å². The third-order valence-electron chi connectivity index (χ3n) is 3.15. The number of amides is 1. The number of nitrogens with zero attached hydrogens (tertiary/aromatic N) is 1. The maximum atomic E-state index is 12.7. The number of hydrogen-bond donors (Lipinski definition) is 1. The Morgan fingerprint density at radius 3 is 2.09 bits per heavy atom. The van der Waals surface area contributed by atoms with Crippen LogP contribution in [0.3, 0.4) is 0 Å². The van der Waals surface area contributed by atoms with E-state index in [1.54, 1.807) is 4.90 Å². The van der Waals surface area contributed by atoms with Gasteiger partial charge in [-0.3, -0.25) is 4.90 Å². The molecule has 4 nitrogen and oxygen atoms in total. The summed E-state index contributed by atoms with van der Waals surface area (Å²) in [4.78, 5) is 14.4. The quantitative estimate of drug-likeness (QED) is 0.609. The zero-order valence-electron chi connectivity index (χ0n) is 16.4. The van der Waals surface area contributed by atoms with Gasteiger partial charge in [0.15, 0.2) is 0 Å². The SMILES string of the molecule is CC(C)[C@H](C#C[Si](C)(C)C)N(C(=O)OC(C)(C)C)[C@@H](C)CCO. The summed E-state index contributed by atoms with van der Waals surface area (Å²) >= 11 is 0. The second-order valence-corrected chi connectivity index (χ2v) is 13.2. The minimum atomic E-state index is -1.54. The van der Waals surface area contributed by atoms with E-state index in [0.29, 0.717) is 6.42 Å². The van der Waals surface area contributed by atoms with Crippen molar-refractivity contribution in [3.05, 3.63) is 0 Å². The minimum Gasteiger partial charge on any atom is -0.444 e. The van der Waals surface area contributed by atoms with E-state index in [1.165, 1.54) is 0 Å². The number of carbonyl (C=O) groups is 1. The molecule has 0 bridgehead atoms. The number of aliphatic hydroxyl groups is 1. The second kappa shape index (κ2) is 8.75. The summed E-state index contributed by atoms with van der Waals surface area (Å²) in [6.45, 7) is 18.2. The average Bonchev–Trinajstić information content (AvgIpc) is 2.30. The molecule has 0 aliphatic rings. The highest BCUT2D eigenvalue weighted by Crippen LogP contribution is 2.20. The van der Waals surface area contributed by atoms with Crippen molar-refractivity contribution in [2.75, 3.05) is 6.61 Å². The van der Waals surface area contributed by atoms with Crippen LogP contribution in [-0.2, 0) is 4.74 Å². The van der Waals surface area contributed by atoms with Gasteiger partial charge in [0.25, 0.3) is 0 Å². The summed E-state index contributed by atoms with van der Waals surface area (Å²) in [5, 5.41) is 9.27. The Morgan fingerprint density at radius 2 is 1.74 bits per heavy atom. The molecule has 2 atom stereocenters. The van der Waals surface area contributed by atoms with Crippen LogP contribution in [0.1, 0.15) is 48.0 Å². The van der Waals surface area contributed by atoms with Crippen molar-refractivity contribution in [3.8, 4) is 11.5 Å². The largest absolute Gasteiger partial charge is 0.444 e. The minimum absolute atomic E-state index is 0.0345. The van der Waals surface area contributed by atoms with Crippen molar-refractivity contribution in [2.24, 2.45) is 5.92 Å². The molecule has 5 heteroatoms. The number of carbonyl (C=O) groups excluding carboxylic acids is 1. The van der Waals surface area contributed by atoms with Gasteiger partial charge in [-0.1, -0.05) is 39.4 Å². The molecule has 23 heavy (non-hydrogen) atoms. The zero-order valence-corrected chi connectivity index (χ0v) is 17.4. The lowest BCUT2D eigenvalue weighted by molar-refractivity contribution is 0.00557. The van der Waals surface area contributed by atoms with Crippen LogP contribution in [0, 0.1) is 17.4 Å². The van der Waals surface area contributed by atoms with E-state index < -0.39 is 13.7 Å². The molecule has 0 fully saturated rings. The summed E-state index contributed by atoms with van der Waals surface area (Å²) < 4.78 is 5.58. The predicted octanol–water partition coefficient (Wildman–Crippen LogP) is 3.90. The van der Waals surface area contributed by atoms with Crippen molar-refractivity contribution >= 4 is 14.2 Å². The molecule has 1 amide bonds. The van der Waals surface area contributed by atoms with Gasteiger partial charge in [-0.15, -0.1) is 5.54 Å². The second-order valence-electron chi connectivity index (χ2n) is 8.46. The van der Waals surface area contributed by atoms with Crippen molar-refractivity contribution < 1.29 is 14.6 Å².